The molecule has 0 unspecified atom stereocenters. The molecule has 1 aromatic carbocycles. The van der Waals surface area contributed by atoms with E-state index in [4.69, 9.17) is 9.47 Å². The van der Waals surface area contributed by atoms with Crippen LogP contribution in [0.15, 0.2) is 12.1 Å². The van der Waals surface area contributed by atoms with Gasteiger partial charge in [0.2, 0.25) is 0 Å². The first-order chi connectivity index (χ1) is 9.65. The van der Waals surface area contributed by atoms with Crippen LogP contribution in [0.2, 0.25) is 0 Å². The minimum Gasteiger partial charge on any atom is -0.481 e. The summed E-state index contributed by atoms with van der Waals surface area (Å²) in [4.78, 5) is 13.0. The van der Waals surface area contributed by atoms with Crippen LogP contribution in [0.1, 0.15) is 20.8 Å². The second kappa shape index (κ2) is 5.46. The molecule has 1 amide bonds. The van der Waals surface area contributed by atoms with E-state index in [2.05, 4.69) is 0 Å². The van der Waals surface area contributed by atoms with Crippen molar-refractivity contribution in [3.63, 3.8) is 0 Å². The van der Waals surface area contributed by atoms with Crippen molar-refractivity contribution in [1.29, 1.82) is 0 Å². The number of carbonyl (C=O) groups is 1. The lowest BCUT2D eigenvalue weighted by Crippen LogP contribution is -2.57. The summed E-state index contributed by atoms with van der Waals surface area (Å²) in [6.45, 7) is 5.53. The third-order valence-electron chi connectivity index (χ3n) is 2.75. The molecular formula is C14H16F3NO3. The fourth-order valence-electron chi connectivity index (χ4n) is 1.80. The van der Waals surface area contributed by atoms with Gasteiger partial charge in [0.1, 0.15) is 17.5 Å². The highest BCUT2D eigenvalue weighted by atomic mass is 19.1. The first-order valence-electron chi connectivity index (χ1n) is 6.45. The molecular weight excluding hydrogens is 287 g/mol. The molecule has 0 radical (unpaired) electrons. The van der Waals surface area contributed by atoms with E-state index in [9.17, 15) is 18.0 Å². The molecule has 21 heavy (non-hydrogen) atoms. The van der Waals surface area contributed by atoms with E-state index in [-0.39, 0.29) is 13.1 Å². The summed E-state index contributed by atoms with van der Waals surface area (Å²) in [6, 6.07) is 1.09. The maximum atomic E-state index is 13.4. The van der Waals surface area contributed by atoms with Crippen molar-refractivity contribution in [2.75, 3.05) is 13.1 Å². The standard InChI is InChI=1S/C14H16F3NO3/c1-14(2,3)21-13(19)18-6-9(7-18)20-12-10(16)4-8(15)5-11(12)17/h4-5,9H,6-7H2,1-3H3. The van der Waals surface area contributed by atoms with Crippen molar-refractivity contribution in [2.24, 2.45) is 0 Å². The van der Waals surface area contributed by atoms with Crippen LogP contribution >= 0.6 is 0 Å². The van der Waals surface area contributed by atoms with Gasteiger partial charge in [-0.25, -0.2) is 18.0 Å². The Morgan fingerprint density at radius 3 is 2.19 bits per heavy atom. The number of hydrogen-bond acceptors (Lipinski definition) is 3. The molecule has 0 bridgehead atoms. The van der Waals surface area contributed by atoms with E-state index in [0.29, 0.717) is 12.1 Å². The topological polar surface area (TPSA) is 38.8 Å². The quantitative estimate of drug-likeness (QED) is 0.842. The third-order valence-corrected chi connectivity index (χ3v) is 2.75. The van der Waals surface area contributed by atoms with Crippen LogP contribution in [0.25, 0.3) is 0 Å². The van der Waals surface area contributed by atoms with Crippen LogP contribution in [-0.4, -0.2) is 35.8 Å². The minimum absolute atomic E-state index is 0.158. The Morgan fingerprint density at radius 2 is 1.71 bits per heavy atom. The number of ether oxygens (including phenoxy) is 2. The molecule has 2 rings (SSSR count). The predicted octanol–water partition coefficient (Wildman–Crippen LogP) is 3.10. The summed E-state index contributed by atoms with van der Waals surface area (Å²) >= 11 is 0. The van der Waals surface area contributed by atoms with Crippen molar-refractivity contribution >= 4 is 6.09 Å². The largest absolute Gasteiger partial charge is 0.481 e. The van der Waals surface area contributed by atoms with E-state index in [1.807, 2.05) is 0 Å². The molecule has 0 spiro atoms. The fraction of sp³-hybridized carbons (Fsp3) is 0.500. The maximum absolute atomic E-state index is 13.4. The number of hydrogen-bond donors (Lipinski definition) is 0. The lowest BCUT2D eigenvalue weighted by atomic mass is 10.1. The average Bonchev–Trinajstić information content (AvgIpc) is 2.21. The van der Waals surface area contributed by atoms with E-state index in [0.717, 1.165) is 0 Å². The molecule has 0 aromatic heterocycles. The molecule has 1 aliphatic heterocycles. The fourth-order valence-corrected chi connectivity index (χ4v) is 1.80. The number of rotatable bonds is 2. The molecule has 7 heteroatoms. The number of halogens is 3. The van der Waals surface area contributed by atoms with E-state index in [1.165, 1.54) is 4.90 Å². The van der Waals surface area contributed by atoms with E-state index < -0.39 is 41.0 Å². The zero-order chi connectivity index (χ0) is 15.8. The highest BCUT2D eigenvalue weighted by Gasteiger charge is 2.36. The SMILES string of the molecule is CC(C)(C)OC(=O)N1CC(Oc2c(F)cc(F)cc2F)C1. The van der Waals surface area contributed by atoms with Crippen LogP contribution in [0.4, 0.5) is 18.0 Å². The van der Waals surface area contributed by atoms with Gasteiger partial charge in [0.25, 0.3) is 0 Å². The molecule has 1 fully saturated rings. The number of amides is 1. The minimum atomic E-state index is -1.11. The van der Waals surface area contributed by atoms with E-state index >= 15 is 0 Å². The smallest absolute Gasteiger partial charge is 0.410 e. The third kappa shape index (κ3) is 3.80. The molecule has 1 aromatic rings. The Kier molecular flexibility index (Phi) is 4.02. The number of benzene rings is 1. The van der Waals surface area contributed by atoms with Crippen molar-refractivity contribution in [3.05, 3.63) is 29.6 Å². The van der Waals surface area contributed by atoms with Crippen molar-refractivity contribution in [3.8, 4) is 5.75 Å². The monoisotopic (exact) mass is 303 g/mol. The van der Waals surface area contributed by atoms with Gasteiger partial charge in [0, 0.05) is 12.1 Å². The normalized spacial score (nSPS) is 15.6. The molecule has 0 aliphatic carbocycles. The molecule has 1 saturated heterocycles. The van der Waals surface area contributed by atoms with Crippen LogP contribution in [0.3, 0.4) is 0 Å². The predicted molar refractivity (Wildman–Crippen MR) is 68.5 cm³/mol. The van der Waals surface area contributed by atoms with Gasteiger partial charge < -0.3 is 14.4 Å². The van der Waals surface area contributed by atoms with Crippen LogP contribution in [-0.2, 0) is 4.74 Å². The number of nitrogens with zero attached hydrogens (tertiary/aromatic N) is 1. The Balaban J connectivity index is 1.90. The zero-order valence-corrected chi connectivity index (χ0v) is 12.0. The van der Waals surface area contributed by atoms with Gasteiger partial charge in [-0.3, -0.25) is 0 Å². The van der Waals surface area contributed by atoms with Gasteiger partial charge in [0.05, 0.1) is 13.1 Å². The number of carbonyl (C=O) groups excluding carboxylic acids is 1. The van der Waals surface area contributed by atoms with E-state index in [1.54, 1.807) is 20.8 Å². The summed E-state index contributed by atoms with van der Waals surface area (Å²) < 4.78 is 49.8. The van der Waals surface area contributed by atoms with Gasteiger partial charge in [-0.15, -0.1) is 0 Å². The summed E-state index contributed by atoms with van der Waals surface area (Å²) in [6.07, 6.45) is -1.06. The second-order valence-corrected chi connectivity index (χ2v) is 5.82. The van der Waals surface area contributed by atoms with Gasteiger partial charge in [-0.2, -0.15) is 0 Å². The average molecular weight is 303 g/mol. The van der Waals surface area contributed by atoms with Gasteiger partial charge in [0.15, 0.2) is 17.4 Å². The second-order valence-electron chi connectivity index (χ2n) is 5.82. The highest BCUT2D eigenvalue weighted by molar-refractivity contribution is 5.69. The molecule has 1 heterocycles. The molecule has 4 nitrogen and oxygen atoms in total. The summed E-state index contributed by atoms with van der Waals surface area (Å²) in [5.74, 6) is -3.86. The van der Waals surface area contributed by atoms with Crippen LogP contribution in [0.5, 0.6) is 5.75 Å². The van der Waals surface area contributed by atoms with Crippen LogP contribution < -0.4 is 4.74 Å². The molecule has 0 atom stereocenters. The Labute approximate surface area is 120 Å². The summed E-state index contributed by atoms with van der Waals surface area (Å²) in [5, 5.41) is 0. The Hall–Kier alpha value is -1.92. The van der Waals surface area contributed by atoms with Crippen molar-refractivity contribution < 1.29 is 27.4 Å². The van der Waals surface area contributed by atoms with Gasteiger partial charge >= 0.3 is 6.09 Å². The first-order valence-corrected chi connectivity index (χ1v) is 6.45. The molecule has 0 saturated carbocycles. The molecule has 0 N–H and O–H groups in total. The lowest BCUT2D eigenvalue weighted by molar-refractivity contribution is -0.0238. The number of likely N-dealkylation sites (tertiary alicyclic amines) is 1. The van der Waals surface area contributed by atoms with Crippen molar-refractivity contribution in [1.82, 2.24) is 4.90 Å². The highest BCUT2D eigenvalue weighted by Crippen LogP contribution is 2.26. The van der Waals surface area contributed by atoms with Crippen LogP contribution in [0, 0.1) is 17.5 Å². The summed E-state index contributed by atoms with van der Waals surface area (Å²) in [5.41, 5.74) is -0.613. The summed E-state index contributed by atoms with van der Waals surface area (Å²) in [7, 11) is 0. The van der Waals surface area contributed by atoms with Gasteiger partial charge in [-0.05, 0) is 20.8 Å². The Bertz CT molecular complexity index is 528. The molecule has 116 valence electrons. The zero-order valence-electron chi connectivity index (χ0n) is 12.0. The lowest BCUT2D eigenvalue weighted by Gasteiger charge is -2.39. The van der Waals surface area contributed by atoms with Crippen molar-refractivity contribution in [2.45, 2.75) is 32.5 Å². The Morgan fingerprint density at radius 1 is 1.19 bits per heavy atom. The first kappa shape index (κ1) is 15.5. The maximum Gasteiger partial charge on any atom is 0.410 e. The van der Waals surface area contributed by atoms with Gasteiger partial charge in [-0.1, -0.05) is 0 Å². The molecule has 1 aliphatic rings.